The van der Waals surface area contributed by atoms with E-state index in [0.29, 0.717) is 24.6 Å². The predicted octanol–water partition coefficient (Wildman–Crippen LogP) is 3.28. The van der Waals surface area contributed by atoms with E-state index in [0.717, 1.165) is 41.1 Å². The molecule has 5 nitrogen and oxygen atoms in total. The van der Waals surface area contributed by atoms with E-state index in [9.17, 15) is 9.90 Å². The monoisotopic (exact) mass is 339 g/mol. The zero-order valence-corrected chi connectivity index (χ0v) is 15.1. The molecular weight excluding hydrogens is 314 g/mol. The molecule has 0 radical (unpaired) electrons. The molecule has 3 rings (SSSR count). The van der Waals surface area contributed by atoms with Crippen molar-refractivity contribution in [3.05, 3.63) is 40.7 Å². The van der Waals surface area contributed by atoms with Crippen molar-refractivity contribution >= 4 is 11.7 Å². The van der Waals surface area contributed by atoms with Crippen LogP contribution in [-0.2, 0) is 30.7 Å². The average molecular weight is 339 g/mol. The number of aliphatic hydroxyl groups is 1. The van der Waals surface area contributed by atoms with Crippen LogP contribution in [0, 0.1) is 5.92 Å². The van der Waals surface area contributed by atoms with Gasteiger partial charge in [0.1, 0.15) is 0 Å². The molecule has 1 aromatic heterocycles. The molecule has 1 aliphatic carbocycles. The molecular formula is C20H25N3O2. The first-order valence-electron chi connectivity index (χ1n) is 8.94. The summed E-state index contributed by atoms with van der Waals surface area (Å²) < 4.78 is 0. The van der Waals surface area contributed by atoms with Gasteiger partial charge in [-0.1, -0.05) is 39.0 Å². The molecule has 0 saturated carbocycles. The molecule has 2 aromatic rings. The van der Waals surface area contributed by atoms with Crippen LogP contribution in [0.3, 0.4) is 0 Å². The first-order valence-corrected chi connectivity index (χ1v) is 8.94. The predicted molar refractivity (Wildman–Crippen MR) is 98.3 cm³/mol. The Morgan fingerprint density at radius 2 is 2.08 bits per heavy atom. The van der Waals surface area contributed by atoms with Gasteiger partial charge in [0.2, 0.25) is 5.91 Å². The van der Waals surface area contributed by atoms with Gasteiger partial charge in [0, 0.05) is 12.0 Å². The second kappa shape index (κ2) is 7.31. The highest BCUT2D eigenvalue weighted by atomic mass is 16.3. The van der Waals surface area contributed by atoms with Crippen LogP contribution in [0.1, 0.15) is 49.7 Å². The third kappa shape index (κ3) is 3.71. The molecule has 0 atom stereocenters. The Labute approximate surface area is 148 Å². The summed E-state index contributed by atoms with van der Waals surface area (Å²) in [6.45, 7) is 6.12. The van der Waals surface area contributed by atoms with Gasteiger partial charge in [-0.05, 0) is 36.3 Å². The molecule has 0 aliphatic heterocycles. The zero-order chi connectivity index (χ0) is 18.0. The van der Waals surface area contributed by atoms with Crippen molar-refractivity contribution in [1.29, 1.82) is 0 Å². The van der Waals surface area contributed by atoms with E-state index < -0.39 is 0 Å². The number of aliphatic hydroxyl groups excluding tert-OH is 1. The summed E-state index contributed by atoms with van der Waals surface area (Å²) in [4.78, 5) is 21.7. The lowest BCUT2D eigenvalue weighted by molar-refractivity contribution is -0.116. The van der Waals surface area contributed by atoms with Crippen molar-refractivity contribution < 1.29 is 9.90 Å². The van der Waals surface area contributed by atoms with Gasteiger partial charge >= 0.3 is 0 Å². The lowest BCUT2D eigenvalue weighted by atomic mass is 9.90. The smallest absolute Gasteiger partial charge is 0.225 e. The average Bonchev–Trinajstić information content (AvgIpc) is 2.59. The number of nitrogens with one attached hydrogen (secondary N) is 1. The summed E-state index contributed by atoms with van der Waals surface area (Å²) in [5.74, 6) is 0.897. The molecule has 0 fully saturated rings. The van der Waals surface area contributed by atoms with Gasteiger partial charge in [0.05, 0.1) is 23.7 Å². The molecule has 2 N–H and O–H groups in total. The number of fused-ring (bicyclic) bond motifs is 3. The lowest BCUT2D eigenvalue weighted by Crippen LogP contribution is -2.19. The number of carbonyl (C=O) groups is 1. The molecule has 1 aromatic carbocycles. The maximum atomic E-state index is 12.1. The molecule has 1 heterocycles. The Hall–Kier alpha value is -2.27. The quantitative estimate of drug-likeness (QED) is 0.876. The van der Waals surface area contributed by atoms with Crippen molar-refractivity contribution in [2.45, 2.75) is 53.1 Å². The number of hydrogen-bond donors (Lipinski definition) is 2. The van der Waals surface area contributed by atoms with Crippen LogP contribution in [0.15, 0.2) is 18.2 Å². The minimum atomic E-state index is -0.0113. The van der Waals surface area contributed by atoms with E-state index in [4.69, 9.17) is 9.97 Å². The van der Waals surface area contributed by atoms with Crippen LogP contribution in [0.5, 0.6) is 0 Å². The summed E-state index contributed by atoms with van der Waals surface area (Å²) in [7, 11) is 0. The van der Waals surface area contributed by atoms with Gasteiger partial charge in [-0.2, -0.15) is 0 Å². The van der Waals surface area contributed by atoms with Gasteiger partial charge in [0.15, 0.2) is 5.82 Å². The fraction of sp³-hybridized carbons (Fsp3) is 0.450. The van der Waals surface area contributed by atoms with E-state index in [1.807, 2.05) is 39.0 Å². The Morgan fingerprint density at radius 3 is 2.76 bits per heavy atom. The molecule has 25 heavy (non-hydrogen) atoms. The maximum Gasteiger partial charge on any atom is 0.225 e. The van der Waals surface area contributed by atoms with E-state index in [-0.39, 0.29) is 12.5 Å². The molecule has 0 bridgehead atoms. The second-order valence-electron chi connectivity index (χ2n) is 6.96. The van der Waals surface area contributed by atoms with Crippen LogP contribution >= 0.6 is 0 Å². The Morgan fingerprint density at radius 1 is 1.28 bits per heavy atom. The van der Waals surface area contributed by atoms with E-state index in [2.05, 4.69) is 5.32 Å². The summed E-state index contributed by atoms with van der Waals surface area (Å²) in [5, 5.41) is 12.3. The number of hydrogen-bond acceptors (Lipinski definition) is 4. The van der Waals surface area contributed by atoms with Crippen molar-refractivity contribution in [1.82, 2.24) is 9.97 Å². The van der Waals surface area contributed by atoms with Crippen LogP contribution in [0.2, 0.25) is 0 Å². The molecule has 5 heteroatoms. The number of carbonyl (C=O) groups excluding carboxylic acids is 1. The third-order valence-corrected chi connectivity index (χ3v) is 4.47. The lowest BCUT2D eigenvalue weighted by Gasteiger charge is -2.21. The number of nitrogens with zero attached hydrogens (tertiary/aromatic N) is 2. The number of aromatic nitrogens is 2. The van der Waals surface area contributed by atoms with Crippen LogP contribution in [0.4, 0.5) is 5.82 Å². The van der Waals surface area contributed by atoms with Crippen molar-refractivity contribution in [3.63, 3.8) is 0 Å². The van der Waals surface area contributed by atoms with Crippen LogP contribution < -0.4 is 5.32 Å². The van der Waals surface area contributed by atoms with Gasteiger partial charge in [0.25, 0.3) is 0 Å². The molecule has 0 spiro atoms. The standard InChI is InChI=1S/C20H25N3O2/c1-4-16-20(23-18(25)9-12(2)3)22-17-8-6-14-10-13(11-24)5-7-15(14)19(17)21-16/h5,7,10,12,24H,4,6,8-9,11H2,1-3H3,(H,22,23,25). The minimum absolute atomic E-state index is 0.0113. The van der Waals surface area contributed by atoms with Crippen LogP contribution in [-0.4, -0.2) is 21.0 Å². The number of rotatable bonds is 5. The number of benzene rings is 1. The van der Waals surface area contributed by atoms with Crippen LogP contribution in [0.25, 0.3) is 11.3 Å². The normalized spacial score (nSPS) is 12.7. The van der Waals surface area contributed by atoms with Crippen molar-refractivity contribution in [3.8, 4) is 11.3 Å². The highest BCUT2D eigenvalue weighted by Crippen LogP contribution is 2.33. The topological polar surface area (TPSA) is 75.1 Å². The molecule has 0 unspecified atom stereocenters. The van der Waals surface area contributed by atoms with Crippen molar-refractivity contribution in [2.75, 3.05) is 5.32 Å². The Balaban J connectivity index is 1.97. The summed E-state index contributed by atoms with van der Waals surface area (Å²) in [5.41, 5.74) is 5.86. The number of aryl methyl sites for hydroxylation is 3. The van der Waals surface area contributed by atoms with Gasteiger partial charge < -0.3 is 10.4 Å². The highest BCUT2D eigenvalue weighted by Gasteiger charge is 2.22. The summed E-state index contributed by atoms with van der Waals surface area (Å²) >= 11 is 0. The van der Waals surface area contributed by atoms with Gasteiger partial charge in [-0.3, -0.25) is 4.79 Å². The van der Waals surface area contributed by atoms with E-state index in [1.165, 1.54) is 5.56 Å². The third-order valence-electron chi connectivity index (χ3n) is 4.47. The largest absolute Gasteiger partial charge is 0.392 e. The zero-order valence-electron chi connectivity index (χ0n) is 15.1. The summed E-state index contributed by atoms with van der Waals surface area (Å²) in [6, 6.07) is 5.99. The Bertz CT molecular complexity index is 800. The molecule has 0 saturated heterocycles. The molecule has 132 valence electrons. The molecule has 1 amide bonds. The van der Waals surface area contributed by atoms with Crippen molar-refractivity contribution in [2.24, 2.45) is 5.92 Å². The fourth-order valence-corrected chi connectivity index (χ4v) is 3.23. The van der Waals surface area contributed by atoms with Gasteiger partial charge in [-0.15, -0.1) is 0 Å². The van der Waals surface area contributed by atoms with Gasteiger partial charge in [-0.25, -0.2) is 9.97 Å². The number of anilines is 1. The Kier molecular flexibility index (Phi) is 5.13. The summed E-state index contributed by atoms with van der Waals surface area (Å²) in [6.07, 6.45) is 2.85. The first kappa shape index (κ1) is 17.5. The molecule has 1 aliphatic rings. The second-order valence-corrected chi connectivity index (χ2v) is 6.96. The highest BCUT2D eigenvalue weighted by molar-refractivity contribution is 5.90. The van der Waals surface area contributed by atoms with E-state index in [1.54, 1.807) is 0 Å². The number of amides is 1. The fourth-order valence-electron chi connectivity index (χ4n) is 3.23. The maximum absolute atomic E-state index is 12.1. The minimum Gasteiger partial charge on any atom is -0.392 e. The first-order chi connectivity index (χ1) is 12.0. The SMILES string of the molecule is CCc1nc2c(nc1NC(=O)CC(C)C)CCc1cc(CO)ccc1-2. The van der Waals surface area contributed by atoms with E-state index >= 15 is 0 Å².